The maximum atomic E-state index is 12.2. The van der Waals surface area contributed by atoms with Gasteiger partial charge >= 0.3 is 11.8 Å². The number of nitrogens with one attached hydrogen (secondary N) is 1. The third-order valence-corrected chi connectivity index (χ3v) is 5.08. The highest BCUT2D eigenvalue weighted by molar-refractivity contribution is 5.89. The molecule has 7 heteroatoms. The molecular weight excluding hydrogens is 368 g/mol. The standard InChI is InChI=1S/C22H24N4O3/c27-19(15-26-13-11-16-6-4-5-9-18(16)14-26)10-12-23-20(28)22-25-24-21(29-22)17-7-2-1-3-8-17/h1-9,19,27H,10-15H2,(H,23,28). The highest BCUT2D eigenvalue weighted by atomic mass is 16.4. The summed E-state index contributed by atoms with van der Waals surface area (Å²) >= 11 is 0. The van der Waals surface area contributed by atoms with Crippen LogP contribution >= 0.6 is 0 Å². The largest absolute Gasteiger partial charge is 0.412 e. The number of aliphatic hydroxyl groups is 1. The molecule has 29 heavy (non-hydrogen) atoms. The summed E-state index contributed by atoms with van der Waals surface area (Å²) in [4.78, 5) is 14.4. The van der Waals surface area contributed by atoms with E-state index >= 15 is 0 Å². The van der Waals surface area contributed by atoms with E-state index in [1.54, 1.807) is 0 Å². The van der Waals surface area contributed by atoms with Crippen molar-refractivity contribution in [2.45, 2.75) is 25.5 Å². The Labute approximate surface area is 169 Å². The van der Waals surface area contributed by atoms with Crippen LogP contribution in [-0.2, 0) is 13.0 Å². The Morgan fingerprint density at radius 2 is 1.86 bits per heavy atom. The number of carbonyl (C=O) groups excluding carboxylic acids is 1. The van der Waals surface area contributed by atoms with Gasteiger partial charge in [0.05, 0.1) is 6.10 Å². The van der Waals surface area contributed by atoms with Gasteiger partial charge in [-0.2, -0.15) is 0 Å². The Kier molecular flexibility index (Phi) is 5.97. The maximum Gasteiger partial charge on any atom is 0.308 e. The zero-order valence-corrected chi connectivity index (χ0v) is 16.1. The van der Waals surface area contributed by atoms with Crippen molar-refractivity contribution in [3.05, 3.63) is 71.6 Å². The number of fused-ring (bicyclic) bond motifs is 1. The van der Waals surface area contributed by atoms with Gasteiger partial charge in [-0.1, -0.05) is 42.5 Å². The molecule has 1 atom stereocenters. The lowest BCUT2D eigenvalue weighted by Crippen LogP contribution is -2.38. The Balaban J connectivity index is 1.22. The van der Waals surface area contributed by atoms with Gasteiger partial charge in [0.15, 0.2) is 0 Å². The van der Waals surface area contributed by atoms with Crippen molar-refractivity contribution >= 4 is 5.91 Å². The summed E-state index contributed by atoms with van der Waals surface area (Å²) in [5.74, 6) is -0.203. The van der Waals surface area contributed by atoms with Gasteiger partial charge in [-0.25, -0.2) is 0 Å². The number of benzene rings is 2. The number of aromatic nitrogens is 2. The van der Waals surface area contributed by atoms with Gasteiger partial charge in [0, 0.05) is 31.7 Å². The van der Waals surface area contributed by atoms with Crippen molar-refractivity contribution in [2.75, 3.05) is 19.6 Å². The van der Waals surface area contributed by atoms with Crippen molar-refractivity contribution in [1.29, 1.82) is 0 Å². The van der Waals surface area contributed by atoms with Crippen LogP contribution in [0.5, 0.6) is 0 Å². The molecule has 0 radical (unpaired) electrons. The van der Waals surface area contributed by atoms with Crippen molar-refractivity contribution in [2.24, 2.45) is 0 Å². The Bertz CT molecular complexity index is 957. The molecule has 2 heterocycles. The molecule has 1 amide bonds. The molecule has 1 unspecified atom stereocenters. The second kappa shape index (κ2) is 8.98. The quantitative estimate of drug-likeness (QED) is 0.641. The third-order valence-electron chi connectivity index (χ3n) is 5.08. The van der Waals surface area contributed by atoms with Crippen LogP contribution in [0, 0.1) is 0 Å². The third kappa shape index (κ3) is 4.88. The minimum Gasteiger partial charge on any atom is -0.412 e. The van der Waals surface area contributed by atoms with E-state index in [1.165, 1.54) is 11.1 Å². The molecule has 0 spiro atoms. The van der Waals surface area contributed by atoms with E-state index < -0.39 is 12.0 Å². The molecule has 7 nitrogen and oxygen atoms in total. The number of rotatable bonds is 7. The van der Waals surface area contributed by atoms with Crippen LogP contribution in [0.1, 0.15) is 28.2 Å². The summed E-state index contributed by atoms with van der Waals surface area (Å²) in [6.45, 7) is 2.71. The number of amides is 1. The van der Waals surface area contributed by atoms with Gasteiger partial charge in [0.1, 0.15) is 0 Å². The Hall–Kier alpha value is -3.03. The summed E-state index contributed by atoms with van der Waals surface area (Å²) in [7, 11) is 0. The van der Waals surface area contributed by atoms with Crippen molar-refractivity contribution in [1.82, 2.24) is 20.4 Å². The summed E-state index contributed by atoms with van der Waals surface area (Å²) in [6.07, 6.45) is 0.951. The number of aliphatic hydroxyl groups excluding tert-OH is 1. The van der Waals surface area contributed by atoms with Crippen LogP contribution in [0.2, 0.25) is 0 Å². The van der Waals surface area contributed by atoms with E-state index in [-0.39, 0.29) is 5.89 Å². The van der Waals surface area contributed by atoms with E-state index in [0.717, 1.165) is 25.1 Å². The van der Waals surface area contributed by atoms with E-state index in [0.29, 0.717) is 25.4 Å². The summed E-state index contributed by atoms with van der Waals surface area (Å²) in [5, 5.41) is 20.8. The van der Waals surface area contributed by atoms with E-state index in [2.05, 4.69) is 44.7 Å². The molecule has 0 aliphatic carbocycles. The summed E-state index contributed by atoms with van der Waals surface area (Å²) in [5.41, 5.74) is 3.47. The molecule has 1 aromatic heterocycles. The molecule has 0 saturated heterocycles. The second-order valence-electron chi connectivity index (χ2n) is 7.23. The average Bonchev–Trinajstić information content (AvgIpc) is 3.25. The zero-order valence-electron chi connectivity index (χ0n) is 16.1. The molecule has 150 valence electrons. The minimum atomic E-state index is -0.511. The summed E-state index contributed by atoms with van der Waals surface area (Å²) in [6, 6.07) is 17.7. The number of nitrogens with zero attached hydrogens (tertiary/aromatic N) is 3. The van der Waals surface area contributed by atoms with Gasteiger partial charge in [0.25, 0.3) is 0 Å². The number of β-amino-alcohol motifs (C(OH)–C–C–N with tert-alkyl or cyclic N) is 1. The van der Waals surface area contributed by atoms with Crippen LogP contribution in [0.15, 0.2) is 59.0 Å². The lowest BCUT2D eigenvalue weighted by Gasteiger charge is -2.30. The van der Waals surface area contributed by atoms with Crippen LogP contribution in [0.4, 0.5) is 0 Å². The first-order chi connectivity index (χ1) is 14.2. The summed E-state index contributed by atoms with van der Waals surface area (Å²) < 4.78 is 5.44. The smallest absolute Gasteiger partial charge is 0.308 e. The molecule has 1 aliphatic rings. The van der Waals surface area contributed by atoms with E-state index in [4.69, 9.17) is 4.42 Å². The van der Waals surface area contributed by atoms with Crippen molar-refractivity contribution in [3.63, 3.8) is 0 Å². The zero-order chi connectivity index (χ0) is 20.1. The molecule has 0 saturated carbocycles. The first-order valence-corrected chi connectivity index (χ1v) is 9.83. The highest BCUT2D eigenvalue weighted by Gasteiger charge is 2.19. The van der Waals surface area contributed by atoms with Crippen LogP contribution in [0.3, 0.4) is 0 Å². The minimum absolute atomic E-state index is 0.0778. The molecule has 4 rings (SSSR count). The molecular formula is C22H24N4O3. The number of hydrogen-bond donors (Lipinski definition) is 2. The fourth-order valence-corrected chi connectivity index (χ4v) is 3.54. The van der Waals surface area contributed by atoms with Gasteiger partial charge in [-0.15, -0.1) is 10.2 Å². The lowest BCUT2D eigenvalue weighted by atomic mass is 9.99. The van der Waals surface area contributed by atoms with Gasteiger partial charge in [-0.05, 0) is 36.1 Å². The molecule has 2 aromatic carbocycles. The predicted molar refractivity (Wildman–Crippen MR) is 108 cm³/mol. The normalized spacial score (nSPS) is 14.9. The van der Waals surface area contributed by atoms with Crippen LogP contribution in [0.25, 0.3) is 11.5 Å². The highest BCUT2D eigenvalue weighted by Crippen LogP contribution is 2.19. The fraction of sp³-hybridized carbons (Fsp3) is 0.318. The van der Waals surface area contributed by atoms with Gasteiger partial charge < -0.3 is 14.8 Å². The van der Waals surface area contributed by atoms with E-state index in [9.17, 15) is 9.90 Å². The van der Waals surface area contributed by atoms with Crippen molar-refractivity contribution < 1.29 is 14.3 Å². The molecule has 0 bridgehead atoms. The van der Waals surface area contributed by atoms with Gasteiger partial charge in [0.2, 0.25) is 5.89 Å². The lowest BCUT2D eigenvalue weighted by molar-refractivity contribution is 0.0868. The fourth-order valence-electron chi connectivity index (χ4n) is 3.54. The first-order valence-electron chi connectivity index (χ1n) is 9.83. The monoisotopic (exact) mass is 392 g/mol. The topological polar surface area (TPSA) is 91.5 Å². The second-order valence-corrected chi connectivity index (χ2v) is 7.23. The number of hydrogen-bond acceptors (Lipinski definition) is 6. The maximum absolute atomic E-state index is 12.2. The Morgan fingerprint density at radius 1 is 1.10 bits per heavy atom. The Morgan fingerprint density at radius 3 is 2.69 bits per heavy atom. The number of carbonyl (C=O) groups is 1. The average molecular weight is 392 g/mol. The first kappa shape index (κ1) is 19.3. The molecule has 0 fully saturated rings. The SMILES string of the molecule is O=C(NCCC(O)CN1CCc2ccccc2C1)c1nnc(-c2ccccc2)o1. The molecule has 1 aliphatic heterocycles. The molecule has 3 aromatic rings. The van der Waals surface area contributed by atoms with Crippen molar-refractivity contribution in [3.8, 4) is 11.5 Å². The van der Waals surface area contributed by atoms with Crippen LogP contribution < -0.4 is 5.32 Å². The van der Waals surface area contributed by atoms with E-state index in [1.807, 2.05) is 30.3 Å². The predicted octanol–water partition coefficient (Wildman–Crippen LogP) is 2.28. The van der Waals surface area contributed by atoms with Crippen LogP contribution in [-0.4, -0.2) is 51.8 Å². The molecule has 2 N–H and O–H groups in total. The van der Waals surface area contributed by atoms with Gasteiger partial charge in [-0.3, -0.25) is 9.69 Å².